The van der Waals surface area contributed by atoms with E-state index in [0.717, 1.165) is 0 Å². The predicted molar refractivity (Wildman–Crippen MR) is 110 cm³/mol. The van der Waals surface area contributed by atoms with Gasteiger partial charge in [-0.15, -0.1) is 0 Å². The fraction of sp³-hybridized carbons (Fsp3) is 0.286. The minimum absolute atomic E-state index is 0.308. The summed E-state index contributed by atoms with van der Waals surface area (Å²) in [6.07, 6.45) is 1.61. The normalized spacial score (nSPS) is 25.7. The molecule has 150 valence electrons. The summed E-state index contributed by atoms with van der Waals surface area (Å²) < 4.78 is 5.50. The Hall–Kier alpha value is -2.90. The summed E-state index contributed by atoms with van der Waals surface area (Å²) in [7, 11) is 1.75. The third kappa shape index (κ3) is 2.81. The van der Waals surface area contributed by atoms with Crippen LogP contribution in [0.5, 0.6) is 5.75 Å². The molecule has 3 atom stereocenters. The van der Waals surface area contributed by atoms with E-state index in [1.165, 1.54) is 0 Å². The Kier molecular flexibility index (Phi) is 4.80. The molecule has 1 saturated heterocycles. The highest BCUT2D eigenvalue weighted by Crippen LogP contribution is 2.52. The highest BCUT2D eigenvalue weighted by atomic mass is 35.5. The molecule has 0 radical (unpaired) electrons. The number of hydrogen-bond acceptors (Lipinski definition) is 5. The first-order valence-corrected chi connectivity index (χ1v) is 9.58. The third-order valence-corrected chi connectivity index (χ3v) is 6.08. The van der Waals surface area contributed by atoms with Gasteiger partial charge in [0.15, 0.2) is 5.54 Å². The molecule has 2 aromatic rings. The van der Waals surface area contributed by atoms with Crippen molar-refractivity contribution in [2.75, 3.05) is 25.5 Å². The second-order valence-corrected chi connectivity index (χ2v) is 7.68. The maximum atomic E-state index is 13.1. The zero-order chi connectivity index (χ0) is 20.8. The molecule has 4 rings (SSSR count). The van der Waals surface area contributed by atoms with Gasteiger partial charge in [0.1, 0.15) is 12.4 Å². The monoisotopic (exact) mass is 413 g/mol. The number of likely N-dealkylation sites (N-methyl/N-ethyl adjacent to an activating group) is 1. The number of likely N-dealkylation sites (tertiary alicyclic amines) is 1. The topological polar surface area (TPSA) is 84.7 Å². The van der Waals surface area contributed by atoms with E-state index in [2.05, 4.69) is 11.9 Å². The lowest BCUT2D eigenvalue weighted by Gasteiger charge is -2.30. The maximum Gasteiger partial charge on any atom is 0.256 e. The zero-order valence-electron chi connectivity index (χ0n) is 15.8. The number of nitro groups is 1. The van der Waals surface area contributed by atoms with Crippen molar-refractivity contribution in [3.05, 3.63) is 81.4 Å². The standard InChI is InChI=1S/C21H20ClN3O4/c1-3-10-29-18-9-8-13(11-16(18)22)14-12-24(2)21(19(14)25(27)28)15-6-4-5-7-17(15)23-20(21)26/h3-9,11,14,19H,1,10,12H2,2H3,(H,23,26)/t14-,19+,21+/m0/s1. The number of nitrogens with zero attached hydrogens (tertiary/aromatic N) is 2. The molecule has 0 saturated carbocycles. The van der Waals surface area contributed by atoms with E-state index in [9.17, 15) is 14.9 Å². The van der Waals surface area contributed by atoms with Crippen LogP contribution in [0.2, 0.25) is 5.02 Å². The molecule has 7 nitrogen and oxygen atoms in total. The second kappa shape index (κ2) is 7.17. The van der Waals surface area contributed by atoms with Crippen LogP contribution in [0.3, 0.4) is 0 Å². The van der Waals surface area contributed by atoms with E-state index in [1.54, 1.807) is 60.5 Å². The molecule has 2 aliphatic rings. The predicted octanol–water partition coefficient (Wildman–Crippen LogP) is 3.43. The number of fused-ring (bicyclic) bond motifs is 2. The third-order valence-electron chi connectivity index (χ3n) is 5.78. The van der Waals surface area contributed by atoms with Crippen LogP contribution in [0.15, 0.2) is 55.1 Å². The molecule has 1 amide bonds. The summed E-state index contributed by atoms with van der Waals surface area (Å²) >= 11 is 6.35. The molecule has 29 heavy (non-hydrogen) atoms. The first-order chi connectivity index (χ1) is 13.9. The maximum absolute atomic E-state index is 13.1. The largest absolute Gasteiger partial charge is 0.488 e. The fourth-order valence-corrected chi connectivity index (χ4v) is 4.84. The van der Waals surface area contributed by atoms with Gasteiger partial charge in [-0.1, -0.05) is 48.5 Å². The molecule has 1 N–H and O–H groups in total. The lowest BCUT2D eigenvalue weighted by molar-refractivity contribution is -0.534. The summed E-state index contributed by atoms with van der Waals surface area (Å²) in [6, 6.07) is 11.1. The number of rotatable bonds is 5. The van der Waals surface area contributed by atoms with Crippen molar-refractivity contribution in [2.45, 2.75) is 17.5 Å². The summed E-state index contributed by atoms with van der Waals surface area (Å²) in [5.41, 5.74) is 0.579. The molecule has 2 heterocycles. The van der Waals surface area contributed by atoms with Gasteiger partial charge in [0.2, 0.25) is 0 Å². The number of para-hydroxylation sites is 1. The highest BCUT2D eigenvalue weighted by molar-refractivity contribution is 6.32. The SMILES string of the molecule is C=CCOc1ccc([C@@H]2CN(C)[C@@]3(C(=O)Nc4ccccc43)[C@@H]2[N+](=O)[O-])cc1Cl. The van der Waals surface area contributed by atoms with Gasteiger partial charge in [-0.2, -0.15) is 0 Å². The van der Waals surface area contributed by atoms with Gasteiger partial charge >= 0.3 is 0 Å². The smallest absolute Gasteiger partial charge is 0.256 e. The van der Waals surface area contributed by atoms with Gasteiger partial charge in [0.25, 0.3) is 11.9 Å². The van der Waals surface area contributed by atoms with Crippen LogP contribution >= 0.6 is 11.6 Å². The molecule has 2 aliphatic heterocycles. The Morgan fingerprint density at radius 3 is 2.86 bits per heavy atom. The highest BCUT2D eigenvalue weighted by Gasteiger charge is 2.68. The zero-order valence-corrected chi connectivity index (χ0v) is 16.6. The molecular weight excluding hydrogens is 394 g/mol. The van der Waals surface area contributed by atoms with Crippen LogP contribution in [-0.4, -0.2) is 42.0 Å². The molecule has 0 unspecified atom stereocenters. The van der Waals surface area contributed by atoms with Crippen molar-refractivity contribution in [2.24, 2.45) is 0 Å². The average Bonchev–Trinajstić information content (AvgIpc) is 3.17. The number of hydrogen-bond donors (Lipinski definition) is 1. The van der Waals surface area contributed by atoms with Crippen LogP contribution in [0.1, 0.15) is 17.0 Å². The quantitative estimate of drug-likeness (QED) is 0.461. The summed E-state index contributed by atoms with van der Waals surface area (Å²) in [4.78, 5) is 26.8. The summed E-state index contributed by atoms with van der Waals surface area (Å²) in [5, 5.41) is 15.5. The van der Waals surface area contributed by atoms with E-state index in [-0.39, 0.29) is 10.8 Å². The van der Waals surface area contributed by atoms with E-state index in [1.807, 2.05) is 0 Å². The van der Waals surface area contributed by atoms with Crippen LogP contribution < -0.4 is 10.1 Å². The van der Waals surface area contributed by atoms with Crippen molar-refractivity contribution in [3.63, 3.8) is 0 Å². The Morgan fingerprint density at radius 1 is 1.41 bits per heavy atom. The average molecular weight is 414 g/mol. The number of halogens is 1. The lowest BCUT2D eigenvalue weighted by Crippen LogP contribution is -2.54. The second-order valence-electron chi connectivity index (χ2n) is 7.27. The Balaban J connectivity index is 1.80. The number of anilines is 1. The molecule has 0 bridgehead atoms. The van der Waals surface area contributed by atoms with E-state index >= 15 is 0 Å². The van der Waals surface area contributed by atoms with E-state index < -0.39 is 17.5 Å². The first kappa shape index (κ1) is 19.4. The fourth-order valence-electron chi connectivity index (χ4n) is 4.59. The van der Waals surface area contributed by atoms with Gasteiger partial charge in [0.05, 0.1) is 10.9 Å². The Labute approximate surface area is 173 Å². The van der Waals surface area contributed by atoms with Gasteiger partial charge in [-0.25, -0.2) is 0 Å². The van der Waals surface area contributed by atoms with Crippen LogP contribution in [0.25, 0.3) is 0 Å². The van der Waals surface area contributed by atoms with Crippen molar-refractivity contribution in [3.8, 4) is 5.75 Å². The van der Waals surface area contributed by atoms with Crippen LogP contribution in [0, 0.1) is 10.1 Å². The van der Waals surface area contributed by atoms with Crippen molar-refractivity contribution >= 4 is 23.2 Å². The molecule has 1 fully saturated rings. The van der Waals surface area contributed by atoms with Gasteiger partial charge in [-0.05, 0) is 30.8 Å². The summed E-state index contributed by atoms with van der Waals surface area (Å²) in [5.74, 6) is -0.404. The minimum Gasteiger partial charge on any atom is -0.488 e. The van der Waals surface area contributed by atoms with Crippen molar-refractivity contribution in [1.82, 2.24) is 4.90 Å². The van der Waals surface area contributed by atoms with Gasteiger partial charge < -0.3 is 10.1 Å². The van der Waals surface area contributed by atoms with Crippen molar-refractivity contribution in [1.29, 1.82) is 0 Å². The van der Waals surface area contributed by atoms with Crippen molar-refractivity contribution < 1.29 is 14.5 Å². The lowest BCUT2D eigenvalue weighted by atomic mass is 9.79. The molecule has 0 aliphatic carbocycles. The molecule has 0 aromatic heterocycles. The number of ether oxygens (including phenoxy) is 1. The minimum atomic E-state index is -1.37. The first-order valence-electron chi connectivity index (χ1n) is 9.20. The number of nitrogens with one attached hydrogen (secondary N) is 1. The molecule has 8 heteroatoms. The Bertz CT molecular complexity index is 1010. The number of benzene rings is 2. The van der Waals surface area contributed by atoms with Crippen LogP contribution in [-0.2, 0) is 10.3 Å². The number of amides is 1. The van der Waals surface area contributed by atoms with E-state index in [4.69, 9.17) is 16.3 Å². The van der Waals surface area contributed by atoms with Crippen LogP contribution in [0.4, 0.5) is 5.69 Å². The number of carbonyl (C=O) groups is 1. The molecule has 2 aromatic carbocycles. The number of carbonyl (C=O) groups excluding carboxylic acids is 1. The van der Waals surface area contributed by atoms with Gasteiger partial charge in [-0.3, -0.25) is 19.8 Å². The molecular formula is C21H20ClN3O4. The Morgan fingerprint density at radius 2 is 2.17 bits per heavy atom. The summed E-state index contributed by atoms with van der Waals surface area (Å²) in [6.45, 7) is 4.26. The molecule has 1 spiro atoms. The van der Waals surface area contributed by atoms with E-state index in [0.29, 0.717) is 40.7 Å². The van der Waals surface area contributed by atoms with Gasteiger partial charge in [0, 0.05) is 22.7 Å².